The Kier molecular flexibility index (Phi) is 6.61. The molecule has 0 bridgehead atoms. The molecule has 0 aliphatic carbocycles. The number of carbonyl (C=O) groups excluding carboxylic acids is 1. The highest BCUT2D eigenvalue weighted by Gasteiger charge is 2.23. The second kappa shape index (κ2) is 9.61. The van der Waals surface area contributed by atoms with E-state index in [-0.39, 0.29) is 12.4 Å². The van der Waals surface area contributed by atoms with Crippen molar-refractivity contribution in [2.75, 3.05) is 26.1 Å². The number of rotatable bonds is 7. The average Bonchev–Trinajstić information content (AvgIpc) is 3.09. The second-order valence-corrected chi connectivity index (χ2v) is 7.97. The number of benzene rings is 2. The summed E-state index contributed by atoms with van der Waals surface area (Å²) in [5, 5.41) is 4.68. The first-order chi connectivity index (χ1) is 16.4. The third kappa shape index (κ3) is 4.24. The molecule has 0 amide bonds. The normalized spacial score (nSPS) is 10.9. The first kappa shape index (κ1) is 23.4. The van der Waals surface area contributed by atoms with Crippen LogP contribution in [0, 0.1) is 13.8 Å². The molecule has 4 rings (SSSR count). The van der Waals surface area contributed by atoms with Crippen LogP contribution in [0.3, 0.4) is 0 Å². The number of carbonyl (C=O) groups is 1. The molecule has 0 radical (unpaired) electrons. The van der Waals surface area contributed by atoms with Crippen LogP contribution in [0.2, 0.25) is 5.02 Å². The first-order valence-electron chi connectivity index (χ1n) is 10.7. The van der Waals surface area contributed by atoms with E-state index >= 15 is 0 Å². The molecule has 2 heterocycles. The van der Waals surface area contributed by atoms with E-state index in [0.717, 1.165) is 22.3 Å². The molecule has 176 valence electrons. The van der Waals surface area contributed by atoms with E-state index in [1.807, 2.05) is 48.7 Å². The van der Waals surface area contributed by atoms with E-state index in [1.165, 1.54) is 0 Å². The Balaban J connectivity index is 1.98. The average molecular weight is 481 g/mol. The van der Waals surface area contributed by atoms with Crippen molar-refractivity contribution in [2.24, 2.45) is 0 Å². The monoisotopic (exact) mass is 480 g/mol. The van der Waals surface area contributed by atoms with Crippen LogP contribution in [-0.4, -0.2) is 41.3 Å². The van der Waals surface area contributed by atoms with Crippen LogP contribution >= 0.6 is 11.6 Å². The van der Waals surface area contributed by atoms with Gasteiger partial charge in [-0.05, 0) is 56.7 Å². The predicted molar refractivity (Wildman–Crippen MR) is 132 cm³/mol. The molecule has 0 aliphatic heterocycles. The van der Waals surface area contributed by atoms with Crippen LogP contribution in [0.5, 0.6) is 11.5 Å². The maximum absolute atomic E-state index is 12.6. The van der Waals surface area contributed by atoms with Gasteiger partial charge in [-0.3, -0.25) is 4.57 Å². The minimum atomic E-state index is -0.608. The zero-order chi connectivity index (χ0) is 24.4. The van der Waals surface area contributed by atoms with Crippen LogP contribution in [0.1, 0.15) is 28.8 Å². The lowest BCUT2D eigenvalue weighted by molar-refractivity contribution is 0.0512. The number of anilines is 2. The summed E-state index contributed by atoms with van der Waals surface area (Å²) in [5.74, 6) is 1.01. The molecule has 0 aliphatic rings. The molecular weight excluding hydrogens is 456 g/mol. The first-order valence-corrected chi connectivity index (χ1v) is 11.1. The molecule has 0 unspecified atom stereocenters. The molecule has 0 atom stereocenters. The maximum Gasteiger partial charge on any atom is 0.376 e. The quantitative estimate of drug-likeness (QED) is 0.343. The summed E-state index contributed by atoms with van der Waals surface area (Å²) in [7, 11) is 3.16. The van der Waals surface area contributed by atoms with Crippen molar-refractivity contribution in [2.45, 2.75) is 20.8 Å². The van der Waals surface area contributed by atoms with Gasteiger partial charge in [0.1, 0.15) is 17.3 Å². The van der Waals surface area contributed by atoms with Gasteiger partial charge in [-0.15, -0.1) is 0 Å². The highest BCUT2D eigenvalue weighted by molar-refractivity contribution is 6.30. The Hall–Kier alpha value is -3.78. The number of esters is 1. The van der Waals surface area contributed by atoms with Gasteiger partial charge in [-0.1, -0.05) is 17.7 Å². The zero-order valence-corrected chi connectivity index (χ0v) is 20.4. The van der Waals surface area contributed by atoms with Crippen LogP contribution in [-0.2, 0) is 4.74 Å². The Morgan fingerprint density at radius 1 is 1.09 bits per heavy atom. The van der Waals surface area contributed by atoms with Gasteiger partial charge in [-0.2, -0.15) is 0 Å². The lowest BCUT2D eigenvalue weighted by Gasteiger charge is -2.14. The molecule has 1 N–H and O–H groups in total. The van der Waals surface area contributed by atoms with Gasteiger partial charge in [0.05, 0.1) is 31.9 Å². The van der Waals surface area contributed by atoms with Gasteiger partial charge in [0.2, 0.25) is 5.82 Å². The number of fused-ring (bicyclic) bond motifs is 1. The van der Waals surface area contributed by atoms with E-state index in [9.17, 15) is 4.79 Å². The van der Waals surface area contributed by atoms with Crippen molar-refractivity contribution in [3.05, 3.63) is 64.6 Å². The molecule has 0 fully saturated rings. The Labute approximate surface area is 202 Å². The maximum atomic E-state index is 12.6. The number of aromatic nitrogens is 3. The topological polar surface area (TPSA) is 87.5 Å². The summed E-state index contributed by atoms with van der Waals surface area (Å²) in [6.45, 7) is 5.92. The van der Waals surface area contributed by atoms with Crippen LogP contribution in [0.25, 0.3) is 16.7 Å². The summed E-state index contributed by atoms with van der Waals surface area (Å²) >= 11 is 6.27. The molecule has 34 heavy (non-hydrogen) atoms. The lowest BCUT2D eigenvalue weighted by atomic mass is 10.2. The largest absolute Gasteiger partial charge is 0.497 e. The number of hydrogen-bond acceptors (Lipinski definition) is 7. The van der Waals surface area contributed by atoms with Crippen molar-refractivity contribution in [3.8, 4) is 17.2 Å². The number of halogens is 1. The predicted octanol–water partition coefficient (Wildman–Crippen LogP) is 5.63. The van der Waals surface area contributed by atoms with Crippen molar-refractivity contribution in [3.63, 3.8) is 0 Å². The highest BCUT2D eigenvalue weighted by atomic mass is 35.5. The fourth-order valence-corrected chi connectivity index (χ4v) is 3.99. The fraction of sp³-hybridized carbons (Fsp3) is 0.240. The molecule has 0 spiro atoms. The molecule has 2 aromatic heterocycles. The van der Waals surface area contributed by atoms with E-state index < -0.39 is 5.97 Å². The minimum absolute atomic E-state index is 0.0508. The molecule has 9 heteroatoms. The van der Waals surface area contributed by atoms with Crippen molar-refractivity contribution in [1.29, 1.82) is 0 Å². The van der Waals surface area contributed by atoms with Crippen molar-refractivity contribution >= 4 is 40.1 Å². The van der Waals surface area contributed by atoms with Crippen molar-refractivity contribution < 1.29 is 19.0 Å². The summed E-state index contributed by atoms with van der Waals surface area (Å²) < 4.78 is 18.0. The van der Waals surface area contributed by atoms with Gasteiger partial charge in [0.15, 0.2) is 5.65 Å². The Morgan fingerprint density at radius 2 is 1.88 bits per heavy atom. The van der Waals surface area contributed by atoms with Crippen LogP contribution < -0.4 is 14.8 Å². The zero-order valence-electron chi connectivity index (χ0n) is 19.6. The lowest BCUT2D eigenvalue weighted by Crippen LogP contribution is -2.12. The van der Waals surface area contributed by atoms with E-state index in [1.54, 1.807) is 33.3 Å². The van der Waals surface area contributed by atoms with Gasteiger partial charge in [0.25, 0.3) is 0 Å². The molecule has 0 saturated carbocycles. The van der Waals surface area contributed by atoms with Gasteiger partial charge in [0, 0.05) is 22.5 Å². The molecule has 2 aromatic carbocycles. The molecule has 8 nitrogen and oxygen atoms in total. The SMILES string of the molecule is CCOC(=O)c1nc(Nc2ccc(OC)cc2OC)c2c(C)c(C)n(-c3cccc(Cl)c3)c2n1. The van der Waals surface area contributed by atoms with Crippen molar-refractivity contribution in [1.82, 2.24) is 14.5 Å². The van der Waals surface area contributed by atoms with Crippen LogP contribution in [0.4, 0.5) is 11.5 Å². The van der Waals surface area contributed by atoms with Gasteiger partial charge >= 0.3 is 5.97 Å². The van der Waals surface area contributed by atoms with Gasteiger partial charge in [-0.25, -0.2) is 14.8 Å². The number of nitrogens with one attached hydrogen (secondary N) is 1. The standard InChI is InChI=1S/C25H25ClN4O4/c1-6-34-25(31)23-28-22(27-19-11-10-18(32-4)13-20(19)33-5)21-14(2)15(3)30(24(21)29-23)17-9-7-8-16(26)12-17/h7-13H,6H2,1-5H3,(H,27,28,29). The molecule has 4 aromatic rings. The number of nitrogens with zero attached hydrogens (tertiary/aromatic N) is 3. The number of aryl methyl sites for hydroxylation is 1. The fourth-order valence-electron chi connectivity index (χ4n) is 3.80. The number of methoxy groups -OCH3 is 2. The highest BCUT2D eigenvalue weighted by Crippen LogP contribution is 2.37. The molecule has 0 saturated heterocycles. The van der Waals surface area contributed by atoms with E-state index in [2.05, 4.69) is 15.3 Å². The summed E-state index contributed by atoms with van der Waals surface area (Å²) in [5.41, 5.74) is 3.94. The van der Waals surface area contributed by atoms with Gasteiger partial charge < -0.3 is 19.5 Å². The van der Waals surface area contributed by atoms with E-state index in [4.69, 9.17) is 25.8 Å². The Morgan fingerprint density at radius 3 is 2.56 bits per heavy atom. The summed E-state index contributed by atoms with van der Waals surface area (Å²) in [6.07, 6.45) is 0. The molecular formula is C25H25ClN4O4. The smallest absolute Gasteiger partial charge is 0.376 e. The minimum Gasteiger partial charge on any atom is -0.497 e. The van der Waals surface area contributed by atoms with E-state index in [0.29, 0.717) is 33.7 Å². The third-order valence-electron chi connectivity index (χ3n) is 5.54. The third-order valence-corrected chi connectivity index (χ3v) is 5.78. The summed E-state index contributed by atoms with van der Waals surface area (Å²) in [6, 6.07) is 12.9. The second-order valence-electron chi connectivity index (χ2n) is 7.53. The van der Waals surface area contributed by atoms with Crippen LogP contribution in [0.15, 0.2) is 42.5 Å². The Bertz CT molecular complexity index is 1380. The summed E-state index contributed by atoms with van der Waals surface area (Å²) in [4.78, 5) is 21.8. The number of ether oxygens (including phenoxy) is 3. The number of hydrogen-bond donors (Lipinski definition) is 1.